The summed E-state index contributed by atoms with van der Waals surface area (Å²) in [6, 6.07) is 16.9. The van der Waals surface area contributed by atoms with Crippen molar-refractivity contribution < 1.29 is 14.3 Å². The first-order chi connectivity index (χ1) is 14.6. The fourth-order valence-electron chi connectivity index (χ4n) is 4.88. The first kappa shape index (κ1) is 22.4. The Hall–Kier alpha value is -2.29. The van der Waals surface area contributed by atoms with Gasteiger partial charge in [-0.1, -0.05) is 82.1 Å². The summed E-state index contributed by atoms with van der Waals surface area (Å²) in [6.07, 6.45) is 14.1. The molecule has 0 bridgehead atoms. The van der Waals surface area contributed by atoms with E-state index in [-0.39, 0.29) is 11.4 Å². The number of rotatable bonds is 4. The van der Waals surface area contributed by atoms with E-state index in [9.17, 15) is 4.79 Å². The zero-order valence-corrected chi connectivity index (χ0v) is 18.6. The molecule has 0 spiro atoms. The second-order valence-corrected chi connectivity index (χ2v) is 8.61. The molecule has 30 heavy (non-hydrogen) atoms. The molecule has 3 nitrogen and oxygen atoms in total. The Morgan fingerprint density at radius 2 is 1.07 bits per heavy atom. The van der Waals surface area contributed by atoms with Crippen LogP contribution in [0.25, 0.3) is 0 Å². The Bertz CT molecular complexity index is 765. The molecule has 0 aromatic heterocycles. The van der Waals surface area contributed by atoms with E-state index in [1.54, 1.807) is 7.11 Å². The molecule has 0 saturated heterocycles. The third-order valence-corrected chi connectivity index (χ3v) is 6.52. The highest BCUT2D eigenvalue weighted by Crippen LogP contribution is 2.43. The zero-order chi connectivity index (χ0) is 21.2. The lowest BCUT2D eigenvalue weighted by Gasteiger charge is -2.36. The van der Waals surface area contributed by atoms with Crippen LogP contribution in [0.1, 0.15) is 88.7 Å². The van der Waals surface area contributed by atoms with Gasteiger partial charge < -0.3 is 9.47 Å². The third-order valence-electron chi connectivity index (χ3n) is 6.52. The van der Waals surface area contributed by atoms with Gasteiger partial charge in [0.15, 0.2) is 0 Å². The van der Waals surface area contributed by atoms with E-state index < -0.39 is 0 Å². The molecule has 2 aromatic rings. The standard InChI is InChI=1S/C27H36O3/c1-22(28)30-26-18-14-24(15-19-26)27(23-12-16-25(29-2)17-13-23)20-10-8-6-4-3-5-7-9-11-21-27/h12-19H,3-11,20-21H2,1-2H3. The smallest absolute Gasteiger partial charge is 0.308 e. The minimum atomic E-state index is -0.279. The highest BCUT2D eigenvalue weighted by atomic mass is 16.5. The van der Waals surface area contributed by atoms with Crippen molar-refractivity contribution in [3.63, 3.8) is 0 Å². The van der Waals surface area contributed by atoms with E-state index in [1.807, 2.05) is 12.1 Å². The normalized spacial score (nSPS) is 17.9. The Labute approximate surface area is 181 Å². The van der Waals surface area contributed by atoms with Crippen LogP contribution in [0.15, 0.2) is 48.5 Å². The van der Waals surface area contributed by atoms with E-state index in [0.29, 0.717) is 5.75 Å². The van der Waals surface area contributed by atoms with Gasteiger partial charge in [0.25, 0.3) is 0 Å². The van der Waals surface area contributed by atoms with Crippen LogP contribution in [0.2, 0.25) is 0 Å². The van der Waals surface area contributed by atoms with Crippen molar-refractivity contribution in [1.82, 2.24) is 0 Å². The van der Waals surface area contributed by atoms with Crippen LogP contribution in [0.4, 0.5) is 0 Å². The van der Waals surface area contributed by atoms with E-state index in [0.717, 1.165) is 18.6 Å². The van der Waals surface area contributed by atoms with Crippen molar-refractivity contribution >= 4 is 5.97 Å². The molecule has 3 rings (SSSR count). The SMILES string of the molecule is COc1ccc(C2(c3ccc(OC(C)=O)cc3)CCCCCCCCCCC2)cc1. The van der Waals surface area contributed by atoms with Crippen molar-refractivity contribution in [2.45, 2.75) is 83.0 Å². The molecule has 0 aliphatic heterocycles. The molecular formula is C27H36O3. The van der Waals surface area contributed by atoms with Gasteiger partial charge in [-0.15, -0.1) is 0 Å². The third kappa shape index (κ3) is 5.87. The Balaban J connectivity index is 1.97. The summed E-state index contributed by atoms with van der Waals surface area (Å²) < 4.78 is 10.7. The highest BCUT2D eigenvalue weighted by molar-refractivity contribution is 5.69. The van der Waals surface area contributed by atoms with Crippen LogP contribution < -0.4 is 9.47 Å². The maximum Gasteiger partial charge on any atom is 0.308 e. The second-order valence-electron chi connectivity index (χ2n) is 8.61. The van der Waals surface area contributed by atoms with Crippen molar-refractivity contribution in [2.75, 3.05) is 7.11 Å². The van der Waals surface area contributed by atoms with Crippen LogP contribution >= 0.6 is 0 Å². The van der Waals surface area contributed by atoms with Gasteiger partial charge in [-0.2, -0.15) is 0 Å². The van der Waals surface area contributed by atoms with Crippen molar-refractivity contribution in [3.05, 3.63) is 59.7 Å². The Kier molecular flexibility index (Phi) is 8.36. The predicted octanol–water partition coefficient (Wildman–Crippen LogP) is 7.21. The summed E-state index contributed by atoms with van der Waals surface area (Å²) in [6.45, 7) is 1.44. The summed E-state index contributed by atoms with van der Waals surface area (Å²) in [5.41, 5.74) is 2.67. The number of carbonyl (C=O) groups is 1. The lowest BCUT2D eigenvalue weighted by Crippen LogP contribution is -2.28. The maximum absolute atomic E-state index is 11.3. The molecule has 1 saturated carbocycles. The summed E-state index contributed by atoms with van der Waals surface area (Å²) in [7, 11) is 1.72. The van der Waals surface area contributed by atoms with E-state index in [1.165, 1.54) is 75.8 Å². The van der Waals surface area contributed by atoms with E-state index in [2.05, 4.69) is 36.4 Å². The molecular weight excluding hydrogens is 372 g/mol. The number of benzene rings is 2. The van der Waals surface area contributed by atoms with Gasteiger partial charge in [0, 0.05) is 12.3 Å². The number of methoxy groups -OCH3 is 1. The van der Waals surface area contributed by atoms with E-state index >= 15 is 0 Å². The molecule has 0 heterocycles. The molecule has 1 aliphatic rings. The molecule has 0 amide bonds. The first-order valence-corrected chi connectivity index (χ1v) is 11.6. The monoisotopic (exact) mass is 408 g/mol. The van der Waals surface area contributed by atoms with Gasteiger partial charge >= 0.3 is 5.97 Å². The molecule has 162 valence electrons. The van der Waals surface area contributed by atoms with E-state index in [4.69, 9.17) is 9.47 Å². The molecule has 1 fully saturated rings. The van der Waals surface area contributed by atoms with Gasteiger partial charge in [-0.05, 0) is 48.2 Å². The predicted molar refractivity (Wildman–Crippen MR) is 122 cm³/mol. The molecule has 3 heteroatoms. The van der Waals surface area contributed by atoms with Crippen LogP contribution in [-0.4, -0.2) is 13.1 Å². The fraction of sp³-hybridized carbons (Fsp3) is 0.519. The molecule has 0 N–H and O–H groups in total. The lowest BCUT2D eigenvalue weighted by molar-refractivity contribution is -0.131. The van der Waals surface area contributed by atoms with Gasteiger partial charge in [0.1, 0.15) is 11.5 Å². The highest BCUT2D eigenvalue weighted by Gasteiger charge is 2.33. The van der Waals surface area contributed by atoms with Crippen LogP contribution in [0.3, 0.4) is 0 Å². The molecule has 0 unspecified atom stereocenters. The number of hydrogen-bond donors (Lipinski definition) is 0. The topological polar surface area (TPSA) is 35.5 Å². The fourth-order valence-corrected chi connectivity index (χ4v) is 4.88. The van der Waals surface area contributed by atoms with Crippen LogP contribution in [0, 0.1) is 0 Å². The van der Waals surface area contributed by atoms with Gasteiger partial charge in [0.2, 0.25) is 0 Å². The summed E-state index contributed by atoms with van der Waals surface area (Å²) >= 11 is 0. The van der Waals surface area contributed by atoms with Crippen LogP contribution in [-0.2, 0) is 10.2 Å². The van der Waals surface area contributed by atoms with Crippen molar-refractivity contribution in [3.8, 4) is 11.5 Å². The molecule has 0 radical (unpaired) electrons. The maximum atomic E-state index is 11.3. The Morgan fingerprint density at radius 1 is 0.667 bits per heavy atom. The van der Waals surface area contributed by atoms with Gasteiger partial charge in [-0.25, -0.2) is 0 Å². The lowest BCUT2D eigenvalue weighted by atomic mass is 9.67. The Morgan fingerprint density at radius 3 is 1.47 bits per heavy atom. The minimum absolute atomic E-state index is 0.0137. The number of carbonyl (C=O) groups excluding carboxylic acids is 1. The number of esters is 1. The average molecular weight is 409 g/mol. The molecule has 0 atom stereocenters. The number of hydrogen-bond acceptors (Lipinski definition) is 3. The van der Waals surface area contributed by atoms with Gasteiger partial charge in [-0.3, -0.25) is 4.79 Å². The molecule has 2 aromatic carbocycles. The summed E-state index contributed by atoms with van der Waals surface area (Å²) in [4.78, 5) is 11.3. The largest absolute Gasteiger partial charge is 0.497 e. The average Bonchev–Trinajstić information content (AvgIpc) is 2.75. The molecule has 1 aliphatic carbocycles. The zero-order valence-electron chi connectivity index (χ0n) is 18.6. The quantitative estimate of drug-likeness (QED) is 0.396. The van der Waals surface area contributed by atoms with Gasteiger partial charge in [0.05, 0.1) is 7.11 Å². The number of ether oxygens (including phenoxy) is 2. The van der Waals surface area contributed by atoms with Crippen LogP contribution in [0.5, 0.6) is 11.5 Å². The first-order valence-electron chi connectivity index (χ1n) is 11.6. The van der Waals surface area contributed by atoms with Crippen molar-refractivity contribution in [1.29, 1.82) is 0 Å². The summed E-state index contributed by atoms with van der Waals surface area (Å²) in [5, 5.41) is 0. The summed E-state index contributed by atoms with van der Waals surface area (Å²) in [5.74, 6) is 1.23. The second kappa shape index (κ2) is 11.2. The van der Waals surface area contributed by atoms with Crippen molar-refractivity contribution in [2.24, 2.45) is 0 Å². The minimum Gasteiger partial charge on any atom is -0.497 e.